The third-order valence-electron chi connectivity index (χ3n) is 5.48. The van der Waals surface area contributed by atoms with Gasteiger partial charge >= 0.3 is 0 Å². The largest absolute Gasteiger partial charge is 0.343 e. The van der Waals surface area contributed by atoms with Gasteiger partial charge in [0.25, 0.3) is 0 Å². The Kier molecular flexibility index (Phi) is 4.75. The van der Waals surface area contributed by atoms with Crippen molar-refractivity contribution in [1.82, 2.24) is 0 Å². The van der Waals surface area contributed by atoms with Crippen molar-refractivity contribution in [3.8, 4) is 0 Å². The fourth-order valence-electron chi connectivity index (χ4n) is 4.18. The molecular formula is C21H22Cl2N2. The SMILES string of the molecule is Clc1cccc(CN=C2Nc3cc(Cl)ccc3CC23CCCCC3)c1. The standard InChI is InChI=1S/C21H22Cl2N2/c22-17-6-4-5-15(11-17)14-24-20-21(9-2-1-3-10-21)13-16-7-8-18(23)12-19(16)25-20/h4-8,11-12H,1-3,9-10,13-14H2,(H,24,25). The number of hydrogen-bond acceptors (Lipinski definition) is 1. The summed E-state index contributed by atoms with van der Waals surface area (Å²) >= 11 is 12.3. The Hall–Kier alpha value is -1.51. The maximum absolute atomic E-state index is 6.20. The van der Waals surface area contributed by atoms with Crippen molar-refractivity contribution >= 4 is 34.7 Å². The van der Waals surface area contributed by atoms with E-state index < -0.39 is 0 Å². The predicted octanol–water partition coefficient (Wildman–Crippen LogP) is 6.51. The van der Waals surface area contributed by atoms with Crippen LogP contribution in [0.5, 0.6) is 0 Å². The summed E-state index contributed by atoms with van der Waals surface area (Å²) in [5, 5.41) is 5.14. The van der Waals surface area contributed by atoms with Crippen LogP contribution in [0.4, 0.5) is 5.69 Å². The third-order valence-corrected chi connectivity index (χ3v) is 5.95. The van der Waals surface area contributed by atoms with Gasteiger partial charge in [-0.1, -0.05) is 60.7 Å². The Balaban J connectivity index is 1.68. The van der Waals surface area contributed by atoms with Gasteiger partial charge < -0.3 is 5.32 Å². The minimum Gasteiger partial charge on any atom is -0.343 e. The topological polar surface area (TPSA) is 24.4 Å². The average Bonchev–Trinajstić information content (AvgIpc) is 2.61. The summed E-state index contributed by atoms with van der Waals surface area (Å²) in [4.78, 5) is 5.00. The second-order valence-electron chi connectivity index (χ2n) is 7.24. The summed E-state index contributed by atoms with van der Waals surface area (Å²) in [7, 11) is 0. The van der Waals surface area contributed by atoms with Crippen LogP contribution in [0.25, 0.3) is 0 Å². The minimum absolute atomic E-state index is 0.150. The molecule has 1 N–H and O–H groups in total. The average molecular weight is 373 g/mol. The summed E-state index contributed by atoms with van der Waals surface area (Å²) in [6.07, 6.45) is 7.35. The van der Waals surface area contributed by atoms with E-state index in [0.717, 1.165) is 33.6 Å². The van der Waals surface area contributed by atoms with E-state index in [9.17, 15) is 0 Å². The zero-order chi connectivity index (χ0) is 17.3. The van der Waals surface area contributed by atoms with Gasteiger partial charge in [-0.2, -0.15) is 0 Å². The lowest BCUT2D eigenvalue weighted by Crippen LogP contribution is -2.43. The lowest BCUT2D eigenvalue weighted by atomic mass is 9.67. The van der Waals surface area contributed by atoms with Gasteiger partial charge in [0.15, 0.2) is 0 Å². The molecule has 4 heteroatoms. The van der Waals surface area contributed by atoms with Crippen molar-refractivity contribution in [2.45, 2.75) is 45.1 Å². The van der Waals surface area contributed by atoms with Crippen LogP contribution in [0.2, 0.25) is 10.0 Å². The highest BCUT2D eigenvalue weighted by Crippen LogP contribution is 2.45. The zero-order valence-corrected chi connectivity index (χ0v) is 15.7. The van der Waals surface area contributed by atoms with E-state index >= 15 is 0 Å². The molecule has 2 aromatic rings. The highest BCUT2D eigenvalue weighted by atomic mass is 35.5. The molecule has 4 rings (SSSR count). The van der Waals surface area contributed by atoms with Crippen LogP contribution in [-0.4, -0.2) is 5.84 Å². The number of amidine groups is 1. The number of aliphatic imine (C=N–C) groups is 1. The summed E-state index contributed by atoms with van der Waals surface area (Å²) in [6, 6.07) is 14.1. The first-order valence-corrected chi connectivity index (χ1v) is 9.75. The fourth-order valence-corrected chi connectivity index (χ4v) is 4.57. The van der Waals surface area contributed by atoms with Gasteiger partial charge in [-0.05, 0) is 54.7 Å². The molecule has 2 nitrogen and oxygen atoms in total. The van der Waals surface area contributed by atoms with Crippen molar-refractivity contribution < 1.29 is 0 Å². The molecule has 0 unspecified atom stereocenters. The van der Waals surface area contributed by atoms with E-state index in [0.29, 0.717) is 6.54 Å². The summed E-state index contributed by atoms with van der Waals surface area (Å²) in [6.45, 7) is 0.653. The molecule has 1 fully saturated rings. The van der Waals surface area contributed by atoms with Gasteiger partial charge in [0.1, 0.15) is 5.84 Å². The van der Waals surface area contributed by atoms with Crippen molar-refractivity contribution in [2.75, 3.05) is 5.32 Å². The first kappa shape index (κ1) is 16.9. The van der Waals surface area contributed by atoms with Crippen molar-refractivity contribution in [2.24, 2.45) is 10.4 Å². The lowest BCUT2D eigenvalue weighted by Gasteiger charge is -2.42. The van der Waals surface area contributed by atoms with Crippen molar-refractivity contribution in [3.05, 3.63) is 63.6 Å². The third kappa shape index (κ3) is 3.56. The molecule has 25 heavy (non-hydrogen) atoms. The first-order valence-electron chi connectivity index (χ1n) is 8.99. The van der Waals surface area contributed by atoms with Crippen LogP contribution in [0.15, 0.2) is 47.5 Å². The van der Waals surface area contributed by atoms with Gasteiger partial charge in [-0.3, -0.25) is 4.99 Å². The Morgan fingerprint density at radius 3 is 2.56 bits per heavy atom. The van der Waals surface area contributed by atoms with Gasteiger partial charge in [0.05, 0.1) is 6.54 Å². The van der Waals surface area contributed by atoms with Crippen LogP contribution in [0, 0.1) is 5.41 Å². The number of hydrogen-bond donors (Lipinski definition) is 1. The molecule has 1 aliphatic carbocycles. The highest BCUT2D eigenvalue weighted by Gasteiger charge is 2.40. The van der Waals surface area contributed by atoms with E-state index in [2.05, 4.69) is 17.4 Å². The fraction of sp³-hybridized carbons (Fsp3) is 0.381. The lowest BCUT2D eigenvalue weighted by molar-refractivity contribution is 0.278. The van der Waals surface area contributed by atoms with Crippen LogP contribution in [-0.2, 0) is 13.0 Å². The van der Waals surface area contributed by atoms with Gasteiger partial charge in [-0.15, -0.1) is 0 Å². The van der Waals surface area contributed by atoms with E-state index in [-0.39, 0.29) is 5.41 Å². The number of rotatable bonds is 2. The second-order valence-corrected chi connectivity index (χ2v) is 8.11. The van der Waals surface area contributed by atoms with Crippen molar-refractivity contribution in [3.63, 3.8) is 0 Å². The molecule has 2 aromatic carbocycles. The number of fused-ring (bicyclic) bond motifs is 1. The van der Waals surface area contributed by atoms with E-state index in [4.69, 9.17) is 28.2 Å². The van der Waals surface area contributed by atoms with Crippen LogP contribution in [0.3, 0.4) is 0 Å². The van der Waals surface area contributed by atoms with Gasteiger partial charge in [-0.25, -0.2) is 0 Å². The molecule has 1 heterocycles. The number of benzene rings is 2. The van der Waals surface area contributed by atoms with Crippen LogP contribution < -0.4 is 5.32 Å². The van der Waals surface area contributed by atoms with E-state index in [1.54, 1.807) is 0 Å². The maximum Gasteiger partial charge on any atom is 0.108 e. The quantitative estimate of drug-likeness (QED) is 0.637. The molecule has 0 bridgehead atoms. The number of halogens is 2. The minimum atomic E-state index is 0.150. The Morgan fingerprint density at radius 1 is 0.960 bits per heavy atom. The summed E-state index contributed by atoms with van der Waals surface area (Å²) < 4.78 is 0. The Morgan fingerprint density at radius 2 is 1.76 bits per heavy atom. The normalized spacial score (nSPS) is 20.3. The molecule has 0 atom stereocenters. The summed E-state index contributed by atoms with van der Waals surface area (Å²) in [5.41, 5.74) is 3.75. The van der Waals surface area contributed by atoms with E-state index in [1.807, 2.05) is 30.3 Å². The van der Waals surface area contributed by atoms with Gasteiger partial charge in [0.2, 0.25) is 0 Å². The summed E-state index contributed by atoms with van der Waals surface area (Å²) in [5.74, 6) is 1.13. The molecule has 0 amide bonds. The molecule has 0 saturated heterocycles. The van der Waals surface area contributed by atoms with Crippen molar-refractivity contribution in [1.29, 1.82) is 0 Å². The van der Waals surface area contributed by atoms with E-state index in [1.165, 1.54) is 37.7 Å². The Labute approximate surface area is 159 Å². The molecular weight excluding hydrogens is 351 g/mol. The molecule has 0 radical (unpaired) electrons. The molecule has 130 valence electrons. The molecule has 0 aromatic heterocycles. The zero-order valence-electron chi connectivity index (χ0n) is 14.2. The molecule has 1 aliphatic heterocycles. The molecule has 1 saturated carbocycles. The second kappa shape index (κ2) is 7.01. The molecule has 2 aliphatic rings. The van der Waals surface area contributed by atoms with Gasteiger partial charge in [0, 0.05) is 21.1 Å². The number of anilines is 1. The van der Waals surface area contributed by atoms with Crippen LogP contribution >= 0.6 is 23.2 Å². The smallest absolute Gasteiger partial charge is 0.108 e. The number of nitrogens with one attached hydrogen (secondary N) is 1. The highest BCUT2D eigenvalue weighted by molar-refractivity contribution is 6.31. The molecule has 1 spiro atoms. The predicted molar refractivity (Wildman–Crippen MR) is 107 cm³/mol. The van der Waals surface area contributed by atoms with Crippen LogP contribution in [0.1, 0.15) is 43.2 Å². The Bertz CT molecular complexity index is 807. The monoisotopic (exact) mass is 372 g/mol. The maximum atomic E-state index is 6.20. The number of nitrogens with zero attached hydrogens (tertiary/aromatic N) is 1. The first-order chi connectivity index (χ1) is 12.1.